The highest BCUT2D eigenvalue weighted by atomic mass is 32.2. The van der Waals surface area contributed by atoms with Crippen LogP contribution in [0.4, 0.5) is 9.59 Å². The van der Waals surface area contributed by atoms with Crippen LogP contribution in [0.25, 0.3) is 11.1 Å². The van der Waals surface area contributed by atoms with Gasteiger partial charge in [-0.05, 0) is 60.1 Å². The van der Waals surface area contributed by atoms with Crippen molar-refractivity contribution < 1.29 is 43.2 Å². The Morgan fingerprint density at radius 3 is 2.25 bits per heavy atom. The zero-order valence-electron chi connectivity index (χ0n) is 31.5. The molecular formula is C40H56N4O9S2. The molecule has 302 valence electrons. The third kappa shape index (κ3) is 13.9. The number of hydrogen-bond acceptors (Lipinski definition) is 10. The van der Waals surface area contributed by atoms with Gasteiger partial charge in [0.2, 0.25) is 5.91 Å². The van der Waals surface area contributed by atoms with Crippen LogP contribution in [0.15, 0.2) is 48.5 Å². The summed E-state index contributed by atoms with van der Waals surface area (Å²) in [6, 6.07) is 15.5. The van der Waals surface area contributed by atoms with E-state index in [2.05, 4.69) is 33.4 Å². The Balaban J connectivity index is 0.776. The maximum Gasteiger partial charge on any atom is 0.407 e. The van der Waals surface area contributed by atoms with E-state index in [1.807, 2.05) is 59.9 Å². The summed E-state index contributed by atoms with van der Waals surface area (Å²) in [5, 5.41) is 21.5. The van der Waals surface area contributed by atoms with Crippen molar-refractivity contribution in [2.24, 2.45) is 0 Å². The highest BCUT2D eigenvalue weighted by Crippen LogP contribution is 2.44. The molecule has 5 rings (SSSR count). The van der Waals surface area contributed by atoms with Crippen LogP contribution >= 0.6 is 23.5 Å². The van der Waals surface area contributed by atoms with Crippen LogP contribution in [0.2, 0.25) is 0 Å². The smallest absolute Gasteiger partial charge is 0.407 e. The molecule has 0 bridgehead atoms. The summed E-state index contributed by atoms with van der Waals surface area (Å²) in [5.41, 5.74) is 4.40. The summed E-state index contributed by atoms with van der Waals surface area (Å²) in [6.45, 7) is 3.34. The average Bonchev–Trinajstić information content (AvgIpc) is 3.84. The standard InChI is InChI=1S/C40H56N4O9S2/c45-36(16-18-50-19-20-51-21-22-52-23-25-54-24-9-1-2-15-35-37-34(27-55-35)42-39(48)44-37)41-17-8-7-14-33(38(46)47)43-40(49)53-26-32-30-12-5-3-10-28(30)29-11-4-6-13-31(29)32/h3-6,10-13,32-35,37H,1-2,7-9,14-27H2,(H,41,45)(H,43,49)(H,46,47)(H2,42,44,48)/t33?,34-,35-,37-/m0/s1. The van der Waals surface area contributed by atoms with Gasteiger partial charge in [0.05, 0.1) is 51.7 Å². The number of urea groups is 1. The Morgan fingerprint density at radius 2 is 1.53 bits per heavy atom. The molecule has 2 saturated heterocycles. The number of carbonyl (C=O) groups excluding carboxylic acids is 3. The van der Waals surface area contributed by atoms with Gasteiger partial charge in [0.1, 0.15) is 12.6 Å². The van der Waals surface area contributed by atoms with Gasteiger partial charge in [-0.25, -0.2) is 14.4 Å². The second-order valence-electron chi connectivity index (χ2n) is 13.9. The molecule has 13 nitrogen and oxygen atoms in total. The minimum Gasteiger partial charge on any atom is -0.480 e. The van der Waals surface area contributed by atoms with E-state index in [4.69, 9.17) is 18.9 Å². The van der Waals surface area contributed by atoms with Crippen LogP contribution in [0.5, 0.6) is 0 Å². The van der Waals surface area contributed by atoms with Crippen molar-refractivity contribution >= 4 is 47.5 Å². The Morgan fingerprint density at radius 1 is 0.836 bits per heavy atom. The molecule has 2 heterocycles. The minimum absolute atomic E-state index is 0.0150. The summed E-state index contributed by atoms with van der Waals surface area (Å²) in [7, 11) is 0. The number of amides is 4. The van der Waals surface area contributed by atoms with Gasteiger partial charge in [0.25, 0.3) is 0 Å². The number of unbranched alkanes of at least 4 members (excludes halogenated alkanes) is 3. The summed E-state index contributed by atoms with van der Waals surface area (Å²) in [5.74, 6) is 1.74. The van der Waals surface area contributed by atoms with Gasteiger partial charge in [-0.1, -0.05) is 61.4 Å². The Hall–Kier alpha value is -3.50. The van der Waals surface area contributed by atoms with Gasteiger partial charge < -0.3 is 45.3 Å². The van der Waals surface area contributed by atoms with Crippen LogP contribution in [0.1, 0.15) is 68.4 Å². The number of alkyl carbamates (subject to hydrolysis) is 1. The highest BCUT2D eigenvalue weighted by Gasteiger charge is 2.42. The fraction of sp³-hybridized carbons (Fsp3) is 0.600. The number of benzene rings is 2. The van der Waals surface area contributed by atoms with Crippen molar-refractivity contribution in [3.8, 4) is 11.1 Å². The average molecular weight is 801 g/mol. The predicted octanol–water partition coefficient (Wildman–Crippen LogP) is 5.16. The van der Waals surface area contributed by atoms with E-state index >= 15 is 0 Å². The molecule has 0 aromatic heterocycles. The lowest BCUT2D eigenvalue weighted by atomic mass is 9.98. The lowest BCUT2D eigenvalue weighted by molar-refractivity contribution is -0.139. The maximum atomic E-state index is 12.6. The number of fused-ring (bicyclic) bond motifs is 4. The van der Waals surface area contributed by atoms with Gasteiger partial charge in [-0.3, -0.25) is 4.79 Å². The Bertz CT molecular complexity index is 1490. The lowest BCUT2D eigenvalue weighted by Gasteiger charge is -2.17. The van der Waals surface area contributed by atoms with Crippen molar-refractivity contribution in [2.75, 3.05) is 70.1 Å². The normalized spacial score (nSPS) is 18.8. The molecule has 2 fully saturated rings. The Labute approximate surface area is 332 Å². The monoisotopic (exact) mass is 800 g/mol. The Kier molecular flexibility index (Phi) is 18.3. The molecule has 3 aliphatic rings. The first-order valence-electron chi connectivity index (χ1n) is 19.5. The number of carboxylic acids is 1. The molecular weight excluding hydrogens is 745 g/mol. The second-order valence-corrected chi connectivity index (χ2v) is 16.4. The van der Waals surface area contributed by atoms with Crippen molar-refractivity contribution in [1.82, 2.24) is 21.3 Å². The van der Waals surface area contributed by atoms with Gasteiger partial charge in [0.15, 0.2) is 0 Å². The number of carboxylic acid groups (broad SMARTS) is 1. The molecule has 55 heavy (non-hydrogen) atoms. The molecule has 4 atom stereocenters. The number of ether oxygens (including phenoxy) is 4. The predicted molar refractivity (Wildman–Crippen MR) is 215 cm³/mol. The molecule has 1 unspecified atom stereocenters. The second kappa shape index (κ2) is 23.5. The fourth-order valence-corrected chi connectivity index (χ4v) is 9.52. The van der Waals surface area contributed by atoms with Crippen LogP contribution in [0.3, 0.4) is 0 Å². The number of rotatable bonds is 27. The summed E-state index contributed by atoms with van der Waals surface area (Å²) in [4.78, 5) is 48.0. The van der Waals surface area contributed by atoms with Crippen LogP contribution in [-0.4, -0.2) is 123 Å². The number of nitrogens with one attached hydrogen (secondary N) is 4. The zero-order chi connectivity index (χ0) is 38.7. The van der Waals surface area contributed by atoms with E-state index in [1.165, 1.54) is 25.7 Å². The maximum absolute atomic E-state index is 12.6. The molecule has 2 aromatic carbocycles. The van der Waals surface area contributed by atoms with Gasteiger partial charge >= 0.3 is 18.1 Å². The number of carbonyl (C=O) groups is 4. The van der Waals surface area contributed by atoms with E-state index < -0.39 is 18.1 Å². The molecule has 0 saturated carbocycles. The number of hydrogen-bond donors (Lipinski definition) is 5. The topological polar surface area (TPSA) is 174 Å². The molecule has 15 heteroatoms. The van der Waals surface area contributed by atoms with Crippen molar-refractivity contribution in [3.05, 3.63) is 59.7 Å². The number of thioether (sulfide) groups is 2. The lowest BCUT2D eigenvalue weighted by Crippen LogP contribution is -2.41. The molecule has 0 radical (unpaired) electrons. The first-order chi connectivity index (χ1) is 26.9. The summed E-state index contributed by atoms with van der Waals surface area (Å²) in [6.07, 6.45) is 5.53. The fourth-order valence-electron chi connectivity index (χ4n) is 7.13. The van der Waals surface area contributed by atoms with E-state index in [9.17, 15) is 24.3 Å². The van der Waals surface area contributed by atoms with Crippen molar-refractivity contribution in [1.29, 1.82) is 0 Å². The first-order valence-corrected chi connectivity index (χ1v) is 21.7. The SMILES string of the molecule is O=C(CCOCCOCCOCCSCCCCC[C@@H]1SC[C@@H]2NC(=O)N[C@@H]21)NCCCCC(NC(=O)OCC1c2ccccc2-c2ccccc21)C(=O)O. The van der Waals surface area contributed by atoms with E-state index in [0.717, 1.165) is 39.5 Å². The van der Waals surface area contributed by atoms with Crippen LogP contribution in [-0.2, 0) is 28.5 Å². The third-order valence-corrected chi connectivity index (χ3v) is 12.5. The quantitative estimate of drug-likeness (QED) is 0.0597. The van der Waals surface area contributed by atoms with E-state index in [-0.39, 0.29) is 43.9 Å². The van der Waals surface area contributed by atoms with E-state index in [1.54, 1.807) is 0 Å². The van der Waals surface area contributed by atoms with Crippen molar-refractivity contribution in [2.45, 2.75) is 80.7 Å². The minimum atomic E-state index is -1.13. The van der Waals surface area contributed by atoms with Crippen LogP contribution < -0.4 is 21.3 Å². The summed E-state index contributed by atoms with van der Waals surface area (Å²) >= 11 is 3.89. The first kappa shape index (κ1) is 42.6. The third-order valence-electron chi connectivity index (χ3n) is 9.98. The molecule has 4 amide bonds. The van der Waals surface area contributed by atoms with Gasteiger partial charge in [-0.2, -0.15) is 23.5 Å². The largest absolute Gasteiger partial charge is 0.480 e. The number of aliphatic carboxylic acids is 1. The molecule has 2 aromatic rings. The molecule has 1 aliphatic carbocycles. The van der Waals surface area contributed by atoms with Crippen LogP contribution in [0, 0.1) is 0 Å². The molecule has 2 aliphatic heterocycles. The van der Waals surface area contributed by atoms with Gasteiger partial charge in [-0.15, -0.1) is 0 Å². The molecule has 5 N–H and O–H groups in total. The zero-order valence-corrected chi connectivity index (χ0v) is 33.1. The summed E-state index contributed by atoms with van der Waals surface area (Å²) < 4.78 is 22.2. The van der Waals surface area contributed by atoms with E-state index in [0.29, 0.717) is 69.8 Å². The van der Waals surface area contributed by atoms with Crippen molar-refractivity contribution in [3.63, 3.8) is 0 Å². The highest BCUT2D eigenvalue weighted by molar-refractivity contribution is 8.00. The van der Waals surface area contributed by atoms with Gasteiger partial charge in [0, 0.05) is 35.6 Å². The molecule has 0 spiro atoms.